The maximum absolute atomic E-state index is 13.7. The second-order valence-electron chi connectivity index (χ2n) is 5.78. The standard InChI is InChI=1S/C18H14FN3O4S/c1-11(18(23)26-10-13-8-12(9-20)6-7-15(13)19)21-17-14-4-2-3-5-16(14)27(24,25)22-17/h2-8,11H,10H2,1H3,(H,21,22)/t11-/m0/s1. The van der Waals surface area contributed by atoms with Crippen molar-refractivity contribution in [1.82, 2.24) is 4.72 Å². The lowest BCUT2D eigenvalue weighted by Gasteiger charge is -2.10. The van der Waals surface area contributed by atoms with Crippen molar-refractivity contribution in [2.24, 2.45) is 4.99 Å². The monoisotopic (exact) mass is 387 g/mol. The fraction of sp³-hybridized carbons (Fsp3) is 0.167. The number of nitrogens with zero attached hydrogens (tertiary/aromatic N) is 2. The van der Waals surface area contributed by atoms with Gasteiger partial charge in [-0.25, -0.2) is 17.6 Å². The first-order chi connectivity index (χ1) is 12.8. The highest BCUT2D eigenvalue weighted by molar-refractivity contribution is 7.90. The topological polar surface area (TPSA) is 109 Å². The molecule has 0 aliphatic carbocycles. The van der Waals surface area contributed by atoms with Crippen LogP contribution in [0.2, 0.25) is 0 Å². The lowest BCUT2D eigenvalue weighted by atomic mass is 10.1. The number of esters is 1. The number of hydrogen-bond donors (Lipinski definition) is 1. The lowest BCUT2D eigenvalue weighted by molar-refractivity contribution is -0.146. The van der Waals surface area contributed by atoms with E-state index in [2.05, 4.69) is 9.71 Å². The molecule has 0 radical (unpaired) electrons. The van der Waals surface area contributed by atoms with Crippen LogP contribution in [0, 0.1) is 17.1 Å². The van der Waals surface area contributed by atoms with Crippen molar-refractivity contribution in [3.05, 3.63) is 65.0 Å². The number of benzene rings is 2. The molecule has 1 aliphatic rings. The summed E-state index contributed by atoms with van der Waals surface area (Å²) in [5.74, 6) is -1.31. The molecule has 0 spiro atoms. The number of nitriles is 1. The van der Waals surface area contributed by atoms with Gasteiger partial charge in [0.25, 0.3) is 10.0 Å². The second kappa shape index (κ2) is 7.17. The molecule has 0 amide bonds. The Morgan fingerprint density at radius 2 is 2.07 bits per heavy atom. The Balaban J connectivity index is 1.74. The van der Waals surface area contributed by atoms with Crippen molar-refractivity contribution < 1.29 is 22.3 Å². The molecule has 0 saturated heterocycles. The molecule has 1 atom stereocenters. The molecular weight excluding hydrogens is 373 g/mol. The largest absolute Gasteiger partial charge is 0.459 e. The minimum absolute atomic E-state index is 0.0488. The number of ether oxygens (including phenoxy) is 1. The van der Waals surface area contributed by atoms with E-state index in [-0.39, 0.29) is 28.5 Å². The molecule has 0 fully saturated rings. The van der Waals surface area contributed by atoms with E-state index in [0.717, 1.165) is 6.07 Å². The van der Waals surface area contributed by atoms with Crippen LogP contribution in [0.25, 0.3) is 0 Å². The van der Waals surface area contributed by atoms with E-state index in [9.17, 15) is 17.6 Å². The quantitative estimate of drug-likeness (QED) is 0.806. The molecule has 1 N–H and O–H groups in total. The first-order valence-electron chi connectivity index (χ1n) is 7.87. The predicted octanol–water partition coefficient (Wildman–Crippen LogP) is 1.87. The highest BCUT2D eigenvalue weighted by Gasteiger charge is 2.31. The van der Waals surface area contributed by atoms with Gasteiger partial charge in [-0.15, -0.1) is 0 Å². The van der Waals surface area contributed by atoms with Crippen LogP contribution < -0.4 is 4.72 Å². The summed E-state index contributed by atoms with van der Waals surface area (Å²) in [6.45, 7) is 1.07. The Morgan fingerprint density at radius 3 is 2.81 bits per heavy atom. The molecule has 9 heteroatoms. The van der Waals surface area contributed by atoms with Crippen LogP contribution in [0.1, 0.15) is 23.6 Å². The zero-order chi connectivity index (χ0) is 19.6. The van der Waals surface area contributed by atoms with Crippen molar-refractivity contribution in [2.75, 3.05) is 0 Å². The summed E-state index contributed by atoms with van der Waals surface area (Å²) in [6.07, 6.45) is 0. The van der Waals surface area contributed by atoms with Crippen molar-refractivity contribution in [3.63, 3.8) is 0 Å². The summed E-state index contributed by atoms with van der Waals surface area (Å²) < 4.78 is 45.2. The molecule has 3 rings (SSSR count). The van der Waals surface area contributed by atoms with Crippen molar-refractivity contribution in [2.45, 2.75) is 24.5 Å². The third kappa shape index (κ3) is 3.80. The Morgan fingerprint density at radius 1 is 1.33 bits per heavy atom. The Kier molecular flexibility index (Phi) is 4.92. The second-order valence-corrected chi connectivity index (χ2v) is 7.43. The predicted molar refractivity (Wildman–Crippen MR) is 93.7 cm³/mol. The minimum Gasteiger partial charge on any atom is -0.459 e. The normalized spacial score (nSPS) is 16.9. The van der Waals surface area contributed by atoms with Crippen molar-refractivity contribution in [1.29, 1.82) is 5.26 Å². The number of hydrogen-bond acceptors (Lipinski definition) is 6. The number of carbonyl (C=O) groups is 1. The van der Waals surface area contributed by atoms with Crippen LogP contribution in [0.3, 0.4) is 0 Å². The maximum atomic E-state index is 13.7. The zero-order valence-corrected chi connectivity index (χ0v) is 15.0. The summed E-state index contributed by atoms with van der Waals surface area (Å²) in [5.41, 5.74) is 0.673. The van der Waals surface area contributed by atoms with Gasteiger partial charge in [-0.1, -0.05) is 12.1 Å². The summed E-state index contributed by atoms with van der Waals surface area (Å²) in [5, 5.41) is 8.85. The number of halogens is 1. The van der Waals surface area contributed by atoms with E-state index in [0.29, 0.717) is 5.56 Å². The molecule has 0 saturated carbocycles. The molecule has 1 heterocycles. The van der Waals surface area contributed by atoms with Crippen LogP contribution in [-0.2, 0) is 26.2 Å². The van der Waals surface area contributed by atoms with E-state index in [1.54, 1.807) is 18.2 Å². The van der Waals surface area contributed by atoms with Gasteiger partial charge in [0.15, 0.2) is 0 Å². The van der Waals surface area contributed by atoms with E-state index < -0.39 is 27.9 Å². The van der Waals surface area contributed by atoms with Gasteiger partial charge >= 0.3 is 5.97 Å². The molecule has 0 aromatic heterocycles. The van der Waals surface area contributed by atoms with Crippen LogP contribution in [0.5, 0.6) is 0 Å². The molecule has 2 aromatic rings. The van der Waals surface area contributed by atoms with Gasteiger partial charge in [0, 0.05) is 11.1 Å². The number of aliphatic imine (C=N–C) groups is 1. The molecule has 7 nitrogen and oxygen atoms in total. The van der Waals surface area contributed by atoms with Gasteiger partial charge in [-0.05, 0) is 37.3 Å². The van der Waals surface area contributed by atoms with Crippen LogP contribution >= 0.6 is 0 Å². The van der Waals surface area contributed by atoms with Gasteiger partial charge in [0.05, 0.1) is 16.5 Å². The third-order valence-corrected chi connectivity index (χ3v) is 5.27. The summed E-state index contributed by atoms with van der Waals surface area (Å²) in [4.78, 5) is 16.3. The number of sulfonamides is 1. The highest BCUT2D eigenvalue weighted by Crippen LogP contribution is 2.22. The average Bonchev–Trinajstić information content (AvgIpc) is 2.91. The number of amidine groups is 1. The van der Waals surface area contributed by atoms with Gasteiger partial charge in [-0.2, -0.15) is 5.26 Å². The fourth-order valence-electron chi connectivity index (χ4n) is 2.50. The molecule has 0 unspecified atom stereocenters. The molecule has 0 bridgehead atoms. The zero-order valence-electron chi connectivity index (χ0n) is 14.1. The van der Waals surface area contributed by atoms with E-state index in [1.807, 2.05) is 6.07 Å². The van der Waals surface area contributed by atoms with Crippen LogP contribution in [0.4, 0.5) is 4.39 Å². The van der Waals surface area contributed by atoms with Crippen molar-refractivity contribution >= 4 is 21.8 Å². The number of nitrogens with one attached hydrogen (secondary N) is 1. The molecular formula is C18H14FN3O4S. The van der Waals surface area contributed by atoms with Gasteiger partial charge in [-0.3, -0.25) is 9.71 Å². The number of rotatable bonds is 4. The Bertz CT molecular complexity index is 1090. The first kappa shape index (κ1) is 18.5. The minimum atomic E-state index is -3.71. The summed E-state index contributed by atoms with van der Waals surface area (Å²) >= 11 is 0. The number of fused-ring (bicyclic) bond motifs is 1. The SMILES string of the molecule is C[C@H](N=C1NS(=O)(=O)c2ccccc21)C(=O)OCc1cc(C#N)ccc1F. The van der Waals surface area contributed by atoms with Crippen LogP contribution in [-0.4, -0.2) is 26.3 Å². The van der Waals surface area contributed by atoms with E-state index in [1.165, 1.54) is 25.1 Å². The smallest absolute Gasteiger partial charge is 0.330 e. The van der Waals surface area contributed by atoms with E-state index in [4.69, 9.17) is 10.00 Å². The highest BCUT2D eigenvalue weighted by atomic mass is 32.2. The molecule has 2 aromatic carbocycles. The van der Waals surface area contributed by atoms with E-state index >= 15 is 0 Å². The number of carbonyl (C=O) groups excluding carboxylic acids is 1. The van der Waals surface area contributed by atoms with Crippen molar-refractivity contribution in [3.8, 4) is 6.07 Å². The third-order valence-electron chi connectivity index (χ3n) is 3.87. The van der Waals surface area contributed by atoms with Gasteiger partial charge < -0.3 is 4.74 Å². The average molecular weight is 387 g/mol. The molecule has 138 valence electrons. The summed E-state index contributed by atoms with van der Waals surface area (Å²) in [6, 6.07) is 10.8. The maximum Gasteiger partial charge on any atom is 0.330 e. The fourth-order valence-corrected chi connectivity index (χ4v) is 3.74. The molecule has 27 heavy (non-hydrogen) atoms. The molecule has 1 aliphatic heterocycles. The lowest BCUT2D eigenvalue weighted by Crippen LogP contribution is -2.26. The first-order valence-corrected chi connectivity index (χ1v) is 9.35. The van der Waals surface area contributed by atoms with Crippen LogP contribution in [0.15, 0.2) is 52.4 Å². The van der Waals surface area contributed by atoms with Gasteiger partial charge in [0.2, 0.25) is 0 Å². The Labute approximate surface area is 155 Å². The summed E-state index contributed by atoms with van der Waals surface area (Å²) in [7, 11) is -3.71. The van der Waals surface area contributed by atoms with Gasteiger partial charge in [0.1, 0.15) is 24.3 Å². The Hall–Kier alpha value is -3.25.